The molecule has 0 atom stereocenters. The number of fused-ring (bicyclic) bond motifs is 14. The summed E-state index contributed by atoms with van der Waals surface area (Å²) < 4.78 is 8.11. The first-order chi connectivity index (χ1) is 28.2. The summed E-state index contributed by atoms with van der Waals surface area (Å²) in [5.74, 6) is 0. The minimum Gasteiger partial charge on any atom is -0.135 e. The maximum atomic E-state index is 2.41. The van der Waals surface area contributed by atoms with Crippen LogP contribution in [0.5, 0.6) is 0 Å². The lowest BCUT2D eigenvalue weighted by Crippen LogP contribution is -1.91. The molecule has 0 N–H and O–H groups in total. The monoisotopic (exact) mass is 774 g/mol. The molecule has 0 aliphatic carbocycles. The summed E-state index contributed by atoms with van der Waals surface area (Å²) in [5.41, 5.74) is 7.55. The van der Waals surface area contributed by atoms with E-state index in [0.717, 1.165) is 0 Å². The highest BCUT2D eigenvalue weighted by Crippen LogP contribution is 2.48. The average Bonchev–Trinajstić information content (AvgIpc) is 3.96. The normalized spacial score (nSPS) is 12.2. The number of hydrogen-bond acceptors (Lipinski definition) is 3. The van der Waals surface area contributed by atoms with Crippen LogP contribution in [0.15, 0.2) is 182 Å². The van der Waals surface area contributed by atoms with Crippen molar-refractivity contribution in [2.45, 2.75) is 0 Å². The minimum atomic E-state index is 1.23. The van der Waals surface area contributed by atoms with Crippen molar-refractivity contribution < 1.29 is 0 Å². The highest BCUT2D eigenvalue weighted by atomic mass is 32.1. The zero-order chi connectivity index (χ0) is 37.2. The number of rotatable bonds is 3. The lowest BCUT2D eigenvalue weighted by atomic mass is 9.85. The molecule has 13 rings (SSSR count). The quantitative estimate of drug-likeness (QED) is 0.157. The summed E-state index contributed by atoms with van der Waals surface area (Å²) >= 11 is 5.70. The van der Waals surface area contributed by atoms with E-state index < -0.39 is 0 Å². The summed E-state index contributed by atoms with van der Waals surface area (Å²) in [6.07, 6.45) is 0. The fourth-order valence-corrected chi connectivity index (χ4v) is 12.9. The van der Waals surface area contributed by atoms with E-state index in [1.807, 2.05) is 34.0 Å². The molecule has 0 spiro atoms. The molecule has 13 aromatic rings. The lowest BCUT2D eigenvalue weighted by Gasteiger charge is -2.18. The van der Waals surface area contributed by atoms with E-state index in [-0.39, 0.29) is 0 Å². The van der Waals surface area contributed by atoms with Gasteiger partial charge in [-0.15, -0.1) is 34.0 Å². The topological polar surface area (TPSA) is 0 Å². The van der Waals surface area contributed by atoms with E-state index in [1.165, 1.54) is 126 Å². The Labute approximate surface area is 340 Å². The Bertz CT molecular complexity index is 3740. The molecule has 0 unspecified atom stereocenters. The standard InChI is InChI=1S/C54H30S3/c1-3-12-39-37(10-1)50(38-11-2-4-13-40(38)51(39)35-24-26-47-44(30-35)36-9-5-7-15-45(36)55-47)33-20-17-31(18-21-33)34-22-19-32-23-25-42-53-49(57-54(42)43(32)29-34)28-27-48-52(53)41-14-6-8-16-46(41)56-48/h1-30H. The maximum Gasteiger partial charge on any atom is 0.0434 e. The van der Waals surface area contributed by atoms with Crippen LogP contribution < -0.4 is 0 Å². The zero-order valence-corrected chi connectivity index (χ0v) is 33.0. The van der Waals surface area contributed by atoms with Crippen molar-refractivity contribution >= 4 is 127 Å². The molecule has 0 bridgehead atoms. The fraction of sp³-hybridized carbons (Fsp3) is 0. The largest absolute Gasteiger partial charge is 0.135 e. The first-order valence-corrected chi connectivity index (χ1v) is 21.9. The summed E-state index contributed by atoms with van der Waals surface area (Å²) in [6.45, 7) is 0. The van der Waals surface area contributed by atoms with Crippen LogP contribution in [-0.2, 0) is 0 Å². The van der Waals surface area contributed by atoms with Gasteiger partial charge in [-0.05, 0) is 103 Å². The van der Waals surface area contributed by atoms with E-state index in [9.17, 15) is 0 Å². The first kappa shape index (κ1) is 31.8. The third-order valence-corrected chi connectivity index (χ3v) is 15.6. The van der Waals surface area contributed by atoms with Crippen molar-refractivity contribution in [1.82, 2.24) is 0 Å². The summed E-state index contributed by atoms with van der Waals surface area (Å²) in [4.78, 5) is 0. The van der Waals surface area contributed by atoms with Crippen LogP contribution in [0.4, 0.5) is 0 Å². The van der Waals surface area contributed by atoms with Crippen LogP contribution in [-0.4, -0.2) is 0 Å². The Balaban J connectivity index is 0.959. The van der Waals surface area contributed by atoms with Crippen LogP contribution in [0, 0.1) is 0 Å². The van der Waals surface area contributed by atoms with Crippen LogP contribution in [0.1, 0.15) is 0 Å². The van der Waals surface area contributed by atoms with Gasteiger partial charge in [0.1, 0.15) is 0 Å². The van der Waals surface area contributed by atoms with Gasteiger partial charge in [0.25, 0.3) is 0 Å². The summed E-state index contributed by atoms with van der Waals surface area (Å²) in [7, 11) is 0. The van der Waals surface area contributed by atoms with Gasteiger partial charge in [0.2, 0.25) is 0 Å². The molecule has 0 amide bonds. The van der Waals surface area contributed by atoms with Crippen molar-refractivity contribution in [2.75, 3.05) is 0 Å². The van der Waals surface area contributed by atoms with E-state index in [4.69, 9.17) is 0 Å². The molecule has 0 radical (unpaired) electrons. The number of benzene rings is 10. The predicted octanol–water partition coefficient (Wildman–Crippen LogP) is 17.3. The van der Waals surface area contributed by atoms with Crippen LogP contribution in [0.2, 0.25) is 0 Å². The highest BCUT2D eigenvalue weighted by molar-refractivity contribution is 7.28. The second-order valence-electron chi connectivity index (χ2n) is 15.1. The van der Waals surface area contributed by atoms with Gasteiger partial charge in [-0.25, -0.2) is 0 Å². The molecular weight excluding hydrogens is 745 g/mol. The van der Waals surface area contributed by atoms with E-state index in [0.29, 0.717) is 0 Å². The molecule has 57 heavy (non-hydrogen) atoms. The van der Waals surface area contributed by atoms with Crippen molar-refractivity contribution in [3.8, 4) is 33.4 Å². The smallest absolute Gasteiger partial charge is 0.0434 e. The van der Waals surface area contributed by atoms with E-state index in [1.54, 1.807) is 0 Å². The maximum absolute atomic E-state index is 2.41. The predicted molar refractivity (Wildman–Crippen MR) is 254 cm³/mol. The molecule has 10 aromatic carbocycles. The van der Waals surface area contributed by atoms with Gasteiger partial charge in [-0.2, -0.15) is 0 Å². The van der Waals surface area contributed by atoms with Crippen LogP contribution in [0.3, 0.4) is 0 Å². The lowest BCUT2D eigenvalue weighted by molar-refractivity contribution is 1.63. The van der Waals surface area contributed by atoms with Gasteiger partial charge >= 0.3 is 0 Å². The van der Waals surface area contributed by atoms with Gasteiger partial charge in [-0.1, -0.05) is 140 Å². The molecule has 0 fully saturated rings. The molecule has 3 heterocycles. The van der Waals surface area contributed by atoms with Crippen LogP contribution >= 0.6 is 34.0 Å². The van der Waals surface area contributed by atoms with Crippen molar-refractivity contribution in [1.29, 1.82) is 0 Å². The van der Waals surface area contributed by atoms with Gasteiger partial charge in [0, 0.05) is 65.9 Å². The van der Waals surface area contributed by atoms with E-state index in [2.05, 4.69) is 182 Å². The third kappa shape index (κ3) is 4.65. The second-order valence-corrected chi connectivity index (χ2v) is 18.3. The SMILES string of the molecule is c1ccc2c(c1)sc1ccc(-c3c4ccccc4c(-c4ccc(-c5ccc6ccc7c(sc8ccc9sc%10ccccc%10c9c87)c6c5)cc4)c4ccccc34)cc12. The van der Waals surface area contributed by atoms with Crippen molar-refractivity contribution in [2.24, 2.45) is 0 Å². The van der Waals surface area contributed by atoms with Gasteiger partial charge in [0.05, 0.1) is 0 Å². The Kier molecular flexibility index (Phi) is 6.73. The molecule has 0 saturated heterocycles. The Morgan fingerprint density at radius 1 is 0.246 bits per heavy atom. The minimum absolute atomic E-state index is 1.23. The first-order valence-electron chi connectivity index (χ1n) is 19.4. The Morgan fingerprint density at radius 3 is 1.42 bits per heavy atom. The fourth-order valence-electron chi connectivity index (χ4n) is 9.50. The average molecular weight is 775 g/mol. The van der Waals surface area contributed by atoms with Gasteiger partial charge in [0.15, 0.2) is 0 Å². The van der Waals surface area contributed by atoms with Crippen molar-refractivity contribution in [3.63, 3.8) is 0 Å². The van der Waals surface area contributed by atoms with Crippen molar-refractivity contribution in [3.05, 3.63) is 182 Å². The summed E-state index contributed by atoms with van der Waals surface area (Å²) in [6, 6.07) is 68.2. The molecule has 264 valence electrons. The second kappa shape index (κ2) is 12.1. The zero-order valence-electron chi connectivity index (χ0n) is 30.5. The Morgan fingerprint density at radius 2 is 0.702 bits per heavy atom. The van der Waals surface area contributed by atoms with Gasteiger partial charge < -0.3 is 0 Å². The molecule has 0 nitrogen and oxygen atoms in total. The molecule has 0 aliphatic rings. The molecule has 3 aromatic heterocycles. The highest BCUT2D eigenvalue weighted by Gasteiger charge is 2.19. The van der Waals surface area contributed by atoms with E-state index >= 15 is 0 Å². The Hall–Kier alpha value is -6.36. The molecule has 0 saturated carbocycles. The van der Waals surface area contributed by atoms with Gasteiger partial charge in [-0.3, -0.25) is 0 Å². The molecule has 0 aliphatic heterocycles. The number of thiophene rings is 3. The summed E-state index contributed by atoms with van der Waals surface area (Å²) in [5, 5.41) is 15.9. The van der Waals surface area contributed by atoms with Crippen LogP contribution in [0.25, 0.3) is 126 Å². The molecular formula is C54H30S3. The third-order valence-electron chi connectivity index (χ3n) is 12.1. The molecule has 3 heteroatoms. The number of hydrogen-bond donors (Lipinski definition) is 0.